The summed E-state index contributed by atoms with van der Waals surface area (Å²) in [5.41, 5.74) is 7.82. The van der Waals surface area contributed by atoms with Crippen molar-refractivity contribution in [3.05, 3.63) is 191 Å². The molecule has 2 fully saturated rings. The molecule has 0 atom stereocenters. The molecule has 2 saturated heterocycles. The molecule has 69 heavy (non-hydrogen) atoms. The van der Waals surface area contributed by atoms with Gasteiger partial charge in [0.15, 0.2) is 15.8 Å². The van der Waals surface area contributed by atoms with Crippen molar-refractivity contribution >= 4 is 104 Å². The van der Waals surface area contributed by atoms with Crippen LogP contribution in [0.1, 0.15) is 39.8 Å². The van der Waals surface area contributed by atoms with Crippen LogP contribution in [-0.2, 0) is 24.8 Å². The number of allylic oxidation sites excluding steroid dienone is 2. The SMILES string of the molecule is CN(C)c1ccc(C#CC2(O)c3ccccc3Sc3ccccc32)cc1.CN(C)c1ccc(C(C=C2c3ccccc3Sc3ccccc32)=C2C(=O)NC(=S)NC2=O)cc1.O=C1CC(=O)NC(=S)N1. The molecule has 0 saturated carbocycles. The molecular formula is C54H44N6O5S4. The molecule has 0 spiro atoms. The summed E-state index contributed by atoms with van der Waals surface area (Å²) in [5.74, 6) is 4.62. The molecule has 4 heterocycles. The van der Waals surface area contributed by atoms with Crippen molar-refractivity contribution < 1.29 is 24.3 Å². The summed E-state index contributed by atoms with van der Waals surface area (Å²) >= 11 is 12.9. The van der Waals surface area contributed by atoms with Crippen LogP contribution in [0.15, 0.2) is 177 Å². The number of hydrogen-bond acceptors (Lipinski definition) is 11. The summed E-state index contributed by atoms with van der Waals surface area (Å²) in [6.45, 7) is 0. The standard InChI is InChI=1S/C27H21N3O2S2.C23H19NOS.C4H4N2O2S/c1-30(2)17-13-11-16(12-14-17)20(24-25(31)28-27(33)29-26(24)32)15-21-18-7-3-5-9-22(18)34-23-10-6-4-8-19(21)23;1-24(2)18-13-11-17(12-14-18)15-16-23(25)19-7-3-5-9-21(19)26-22-10-6-4-8-20(22)23;7-2-1-3(8)6-4(9)5-2/h3-15H,1-2H3,(H2,28,29,31,32,33);3-14,25H,1-2H3;1H2,(H2,5,6,7,8,9). The van der Waals surface area contributed by atoms with Gasteiger partial charge in [-0.2, -0.15) is 0 Å². The second kappa shape index (κ2) is 20.9. The summed E-state index contributed by atoms with van der Waals surface area (Å²) in [7, 11) is 7.95. The van der Waals surface area contributed by atoms with Gasteiger partial charge in [0, 0.05) is 81.4 Å². The summed E-state index contributed by atoms with van der Waals surface area (Å²) in [4.78, 5) is 55.2. The largest absolute Gasteiger partial charge is 0.378 e. The number of carbonyl (C=O) groups is 4. The second-order valence-corrected chi connectivity index (χ2v) is 19.2. The highest BCUT2D eigenvalue weighted by Gasteiger charge is 2.38. The minimum atomic E-state index is -1.31. The van der Waals surface area contributed by atoms with Crippen molar-refractivity contribution in [3.8, 4) is 11.8 Å². The molecule has 4 amide bonds. The van der Waals surface area contributed by atoms with E-state index in [0.717, 1.165) is 69.9 Å². The van der Waals surface area contributed by atoms with Crippen LogP contribution in [0, 0.1) is 11.8 Å². The van der Waals surface area contributed by atoms with Gasteiger partial charge in [0.2, 0.25) is 11.8 Å². The Morgan fingerprint density at radius 3 is 1.48 bits per heavy atom. The lowest BCUT2D eigenvalue weighted by molar-refractivity contribution is -0.129. The van der Waals surface area contributed by atoms with Gasteiger partial charge >= 0.3 is 0 Å². The van der Waals surface area contributed by atoms with Gasteiger partial charge < -0.3 is 25.5 Å². The molecule has 6 aromatic carbocycles. The van der Waals surface area contributed by atoms with Crippen molar-refractivity contribution in [2.45, 2.75) is 31.6 Å². The predicted molar refractivity (Wildman–Crippen MR) is 282 cm³/mol. The van der Waals surface area contributed by atoms with E-state index in [1.54, 1.807) is 23.5 Å². The minimum Gasteiger partial charge on any atom is -0.378 e. The van der Waals surface area contributed by atoms with Crippen LogP contribution in [0.25, 0.3) is 11.1 Å². The van der Waals surface area contributed by atoms with Gasteiger partial charge in [0.25, 0.3) is 11.8 Å². The molecule has 0 radical (unpaired) electrons. The highest BCUT2D eigenvalue weighted by Crippen LogP contribution is 2.48. The minimum absolute atomic E-state index is 0.0125. The average molecular weight is 985 g/mol. The number of hydrogen-bond donors (Lipinski definition) is 5. The number of nitrogens with one attached hydrogen (secondary N) is 4. The van der Waals surface area contributed by atoms with Gasteiger partial charge in [0.1, 0.15) is 12.0 Å². The third-order valence-electron chi connectivity index (χ3n) is 11.1. The fraction of sp³-hybridized carbons (Fsp3) is 0.111. The lowest BCUT2D eigenvalue weighted by Crippen LogP contribution is -2.51. The molecule has 4 aliphatic rings. The zero-order valence-corrected chi connectivity index (χ0v) is 41.0. The van der Waals surface area contributed by atoms with E-state index >= 15 is 0 Å². The molecule has 0 unspecified atom stereocenters. The number of carbonyl (C=O) groups excluding carboxylic acids is 4. The number of benzene rings is 6. The summed E-state index contributed by atoms with van der Waals surface area (Å²) in [6.07, 6.45) is 1.82. The van der Waals surface area contributed by atoms with Crippen LogP contribution < -0.4 is 31.1 Å². The Bertz CT molecular complexity index is 3030. The van der Waals surface area contributed by atoms with Gasteiger partial charge in [-0.3, -0.25) is 29.8 Å². The van der Waals surface area contributed by atoms with Crippen molar-refractivity contribution in [1.82, 2.24) is 21.3 Å². The Morgan fingerprint density at radius 1 is 0.580 bits per heavy atom. The Labute approximate surface area is 419 Å². The van der Waals surface area contributed by atoms with E-state index in [-0.39, 0.29) is 34.0 Å². The topological polar surface area (TPSA) is 143 Å². The summed E-state index contributed by atoms with van der Waals surface area (Å²) in [6, 6.07) is 48.0. The first kappa shape index (κ1) is 48.1. The first-order chi connectivity index (χ1) is 33.2. The van der Waals surface area contributed by atoms with E-state index in [4.69, 9.17) is 12.2 Å². The molecule has 0 bridgehead atoms. The maximum absolute atomic E-state index is 13.0. The van der Waals surface area contributed by atoms with Gasteiger partial charge in [-0.25, -0.2) is 0 Å². The van der Waals surface area contributed by atoms with Gasteiger partial charge in [-0.15, -0.1) is 0 Å². The molecule has 0 aliphatic carbocycles. The van der Waals surface area contributed by atoms with E-state index in [0.29, 0.717) is 5.57 Å². The zero-order chi connectivity index (χ0) is 48.8. The average Bonchev–Trinajstić information content (AvgIpc) is 3.33. The van der Waals surface area contributed by atoms with E-state index in [1.807, 2.05) is 160 Å². The Morgan fingerprint density at radius 2 is 1.00 bits per heavy atom. The molecule has 344 valence electrons. The number of aliphatic hydroxyl groups is 1. The van der Waals surface area contributed by atoms with Crippen LogP contribution in [0.2, 0.25) is 0 Å². The Kier molecular flexibility index (Phi) is 14.6. The molecule has 15 heteroatoms. The number of nitrogens with zero attached hydrogens (tertiary/aromatic N) is 2. The number of thiocarbonyl (C=S) groups is 2. The number of amides is 4. The Hall–Kier alpha value is -7.32. The third-order valence-corrected chi connectivity index (χ3v) is 13.8. The third kappa shape index (κ3) is 10.9. The monoisotopic (exact) mass is 984 g/mol. The molecule has 11 nitrogen and oxygen atoms in total. The maximum Gasteiger partial charge on any atom is 0.263 e. The highest BCUT2D eigenvalue weighted by atomic mass is 32.2. The fourth-order valence-corrected chi connectivity index (χ4v) is 10.4. The van der Waals surface area contributed by atoms with Crippen molar-refractivity contribution in [2.24, 2.45) is 0 Å². The molecule has 4 aliphatic heterocycles. The fourth-order valence-electron chi connectivity index (χ4n) is 7.70. The molecule has 5 N–H and O–H groups in total. The van der Waals surface area contributed by atoms with Gasteiger partial charge in [-0.05, 0) is 113 Å². The summed E-state index contributed by atoms with van der Waals surface area (Å²) in [5, 5.41) is 21.4. The zero-order valence-electron chi connectivity index (χ0n) is 37.7. The molecule has 10 rings (SSSR count). The van der Waals surface area contributed by atoms with E-state index in [9.17, 15) is 24.3 Å². The van der Waals surface area contributed by atoms with Crippen molar-refractivity contribution in [3.63, 3.8) is 0 Å². The van der Waals surface area contributed by atoms with Crippen LogP contribution in [0.3, 0.4) is 0 Å². The maximum atomic E-state index is 13.0. The highest BCUT2D eigenvalue weighted by molar-refractivity contribution is 7.99. The van der Waals surface area contributed by atoms with Crippen LogP contribution in [0.4, 0.5) is 11.4 Å². The first-order valence-corrected chi connectivity index (χ1v) is 23.9. The Balaban J connectivity index is 0.000000161. The molecule has 0 aromatic heterocycles. The van der Waals surface area contributed by atoms with Crippen molar-refractivity contribution in [1.29, 1.82) is 0 Å². The lowest BCUT2D eigenvalue weighted by Gasteiger charge is -2.31. The van der Waals surface area contributed by atoms with Crippen molar-refractivity contribution in [2.75, 3.05) is 38.0 Å². The first-order valence-electron chi connectivity index (χ1n) is 21.5. The van der Waals surface area contributed by atoms with Gasteiger partial charge in [0.05, 0.1) is 0 Å². The van der Waals surface area contributed by atoms with Gasteiger partial charge in [-0.1, -0.05) is 120 Å². The second-order valence-electron chi connectivity index (χ2n) is 16.2. The van der Waals surface area contributed by atoms with E-state index in [2.05, 4.69) is 74.5 Å². The molecule has 6 aromatic rings. The van der Waals surface area contributed by atoms with Crippen LogP contribution in [0.5, 0.6) is 0 Å². The number of fused-ring (bicyclic) bond motifs is 4. The normalized spacial score (nSPS) is 14.9. The smallest absolute Gasteiger partial charge is 0.263 e. The lowest BCUT2D eigenvalue weighted by atomic mass is 9.86. The van der Waals surface area contributed by atoms with E-state index in [1.165, 1.54) is 0 Å². The van der Waals surface area contributed by atoms with E-state index < -0.39 is 17.4 Å². The number of anilines is 2. The summed E-state index contributed by atoms with van der Waals surface area (Å²) < 4.78 is 0. The molecular weight excluding hydrogens is 941 g/mol. The number of rotatable bonds is 4. The predicted octanol–water partition coefficient (Wildman–Crippen LogP) is 8.05. The van der Waals surface area contributed by atoms with Crippen LogP contribution >= 0.6 is 48.0 Å². The quantitative estimate of drug-likeness (QED) is 0.0385. The van der Waals surface area contributed by atoms with Crippen LogP contribution in [-0.4, -0.2) is 67.2 Å².